The third-order valence-electron chi connectivity index (χ3n) is 4.84. The zero-order chi connectivity index (χ0) is 21.1. The molecule has 1 heterocycles. The maximum Gasteiger partial charge on any atom is 0.239 e. The van der Waals surface area contributed by atoms with Crippen molar-refractivity contribution in [3.05, 3.63) is 30.3 Å². The van der Waals surface area contributed by atoms with Gasteiger partial charge in [-0.25, -0.2) is 0 Å². The van der Waals surface area contributed by atoms with Gasteiger partial charge in [0.25, 0.3) is 0 Å². The van der Waals surface area contributed by atoms with E-state index in [0.29, 0.717) is 5.96 Å². The van der Waals surface area contributed by atoms with Crippen LogP contribution in [0.1, 0.15) is 33.6 Å². The normalized spacial score (nSPS) is 15.3. The van der Waals surface area contributed by atoms with Crippen molar-refractivity contribution in [2.75, 3.05) is 57.8 Å². The van der Waals surface area contributed by atoms with Crippen LogP contribution < -0.4 is 20.9 Å². The second kappa shape index (κ2) is 13.7. The molecule has 2 rings (SSSR count). The van der Waals surface area contributed by atoms with Gasteiger partial charge in [-0.1, -0.05) is 18.2 Å². The van der Waals surface area contributed by atoms with Crippen LogP contribution in [-0.2, 0) is 4.79 Å². The molecule has 0 aromatic heterocycles. The molecule has 8 heteroatoms. The number of carbonyl (C=O) groups excluding carboxylic acids is 1. The van der Waals surface area contributed by atoms with Gasteiger partial charge in [0, 0.05) is 51.0 Å². The van der Waals surface area contributed by atoms with Crippen LogP contribution in [0.15, 0.2) is 35.3 Å². The maximum atomic E-state index is 11.9. The van der Waals surface area contributed by atoms with Crippen LogP contribution in [0.5, 0.6) is 0 Å². The molecule has 1 fully saturated rings. The van der Waals surface area contributed by atoms with Crippen LogP contribution in [0, 0.1) is 0 Å². The number of aliphatic imine (C=N–C) groups is 1. The summed E-state index contributed by atoms with van der Waals surface area (Å²) in [7, 11) is 1.73. The van der Waals surface area contributed by atoms with Gasteiger partial charge in [0.05, 0.1) is 6.54 Å². The fraction of sp³-hybridized carbons (Fsp3) is 0.636. The lowest BCUT2D eigenvalue weighted by atomic mass is 10.1. The van der Waals surface area contributed by atoms with Crippen molar-refractivity contribution in [3.8, 4) is 0 Å². The second-order valence-electron chi connectivity index (χ2n) is 8.52. The number of anilines is 1. The molecule has 170 valence electrons. The Hall–Kier alpha value is -1.55. The molecule has 0 atom stereocenters. The molecule has 30 heavy (non-hydrogen) atoms. The first-order valence-corrected chi connectivity index (χ1v) is 10.7. The van der Waals surface area contributed by atoms with E-state index in [9.17, 15) is 4.79 Å². The fourth-order valence-corrected chi connectivity index (χ4v) is 3.38. The number of para-hydroxylation sites is 1. The Labute approximate surface area is 199 Å². The second-order valence-corrected chi connectivity index (χ2v) is 8.52. The van der Waals surface area contributed by atoms with Gasteiger partial charge in [-0.2, -0.15) is 0 Å². The van der Waals surface area contributed by atoms with Crippen molar-refractivity contribution in [3.63, 3.8) is 0 Å². The highest BCUT2D eigenvalue weighted by Gasteiger charge is 2.16. The fourth-order valence-electron chi connectivity index (χ4n) is 3.38. The van der Waals surface area contributed by atoms with Gasteiger partial charge >= 0.3 is 0 Å². The largest absolute Gasteiger partial charge is 0.369 e. The topological polar surface area (TPSA) is 72.0 Å². The molecule has 0 saturated carbocycles. The van der Waals surface area contributed by atoms with Crippen molar-refractivity contribution >= 4 is 41.5 Å². The Morgan fingerprint density at radius 2 is 1.70 bits per heavy atom. The highest BCUT2D eigenvalue weighted by atomic mass is 127. The number of rotatable bonds is 8. The van der Waals surface area contributed by atoms with E-state index in [2.05, 4.69) is 61.1 Å². The Kier molecular flexibility index (Phi) is 12.1. The third kappa shape index (κ3) is 10.5. The molecule has 0 unspecified atom stereocenters. The zero-order valence-corrected chi connectivity index (χ0v) is 21.2. The number of nitrogens with one attached hydrogen (secondary N) is 3. The van der Waals surface area contributed by atoms with Gasteiger partial charge in [-0.05, 0) is 52.3 Å². The summed E-state index contributed by atoms with van der Waals surface area (Å²) in [6.45, 7) is 12.5. The monoisotopic (exact) mass is 530 g/mol. The van der Waals surface area contributed by atoms with Crippen molar-refractivity contribution in [2.24, 2.45) is 4.99 Å². The number of piperazine rings is 1. The van der Waals surface area contributed by atoms with E-state index in [1.54, 1.807) is 7.05 Å². The molecular weight excluding hydrogens is 491 g/mol. The number of amides is 1. The Morgan fingerprint density at radius 1 is 1.03 bits per heavy atom. The summed E-state index contributed by atoms with van der Waals surface area (Å²) in [4.78, 5) is 21.1. The van der Waals surface area contributed by atoms with E-state index in [1.165, 1.54) is 5.69 Å². The lowest BCUT2D eigenvalue weighted by Crippen LogP contribution is -2.48. The van der Waals surface area contributed by atoms with E-state index in [4.69, 9.17) is 0 Å². The number of unbranched alkanes of at least 4 members (excludes halogenated alkanes) is 1. The number of carbonyl (C=O) groups is 1. The number of hydrogen-bond donors (Lipinski definition) is 3. The summed E-state index contributed by atoms with van der Waals surface area (Å²) in [5, 5.41) is 9.28. The Balaban J connectivity index is 0.00000450. The predicted octanol–water partition coefficient (Wildman–Crippen LogP) is 2.29. The van der Waals surface area contributed by atoms with E-state index in [1.807, 2.05) is 20.8 Å². The summed E-state index contributed by atoms with van der Waals surface area (Å²) in [5.41, 5.74) is 1.11. The van der Waals surface area contributed by atoms with Crippen LogP contribution in [0.25, 0.3) is 0 Å². The van der Waals surface area contributed by atoms with Crippen LogP contribution in [0.3, 0.4) is 0 Å². The average Bonchev–Trinajstić information content (AvgIpc) is 2.70. The molecule has 1 aromatic rings. The summed E-state index contributed by atoms with van der Waals surface area (Å²) >= 11 is 0. The Bertz CT molecular complexity index is 639. The van der Waals surface area contributed by atoms with Gasteiger partial charge in [-0.15, -0.1) is 24.0 Å². The molecule has 1 aliphatic heterocycles. The van der Waals surface area contributed by atoms with Gasteiger partial charge < -0.3 is 20.9 Å². The van der Waals surface area contributed by atoms with E-state index in [-0.39, 0.29) is 42.0 Å². The minimum Gasteiger partial charge on any atom is -0.369 e. The van der Waals surface area contributed by atoms with Crippen LogP contribution in [0.2, 0.25) is 0 Å². The predicted molar refractivity (Wildman–Crippen MR) is 137 cm³/mol. The summed E-state index contributed by atoms with van der Waals surface area (Å²) in [5.74, 6) is 0.639. The lowest BCUT2D eigenvalue weighted by Gasteiger charge is -2.36. The minimum absolute atomic E-state index is 0. The van der Waals surface area contributed by atoms with Crippen LogP contribution >= 0.6 is 24.0 Å². The number of halogens is 1. The molecule has 3 N–H and O–H groups in total. The minimum atomic E-state index is -0.220. The van der Waals surface area contributed by atoms with Crippen molar-refractivity contribution in [1.82, 2.24) is 20.9 Å². The highest BCUT2D eigenvalue weighted by Crippen LogP contribution is 2.15. The number of hydrogen-bond acceptors (Lipinski definition) is 4. The number of guanidine groups is 1. The summed E-state index contributed by atoms with van der Waals surface area (Å²) in [6.07, 6.45) is 2.23. The van der Waals surface area contributed by atoms with Crippen molar-refractivity contribution < 1.29 is 4.79 Å². The van der Waals surface area contributed by atoms with Gasteiger partial charge in [0.2, 0.25) is 5.91 Å². The van der Waals surface area contributed by atoms with E-state index < -0.39 is 0 Å². The quantitative estimate of drug-likeness (QED) is 0.208. The molecule has 1 aromatic carbocycles. The molecule has 0 bridgehead atoms. The van der Waals surface area contributed by atoms with E-state index in [0.717, 1.165) is 52.1 Å². The van der Waals surface area contributed by atoms with E-state index >= 15 is 0 Å². The average molecular weight is 530 g/mol. The highest BCUT2D eigenvalue weighted by molar-refractivity contribution is 14.0. The first-order chi connectivity index (χ1) is 13.9. The maximum absolute atomic E-state index is 11.9. The molecule has 1 aliphatic rings. The van der Waals surface area contributed by atoms with Crippen LogP contribution in [0.4, 0.5) is 5.69 Å². The first kappa shape index (κ1) is 26.5. The molecule has 7 nitrogen and oxygen atoms in total. The number of benzene rings is 1. The lowest BCUT2D eigenvalue weighted by molar-refractivity contribution is -0.121. The summed E-state index contributed by atoms with van der Waals surface area (Å²) in [6, 6.07) is 10.7. The smallest absolute Gasteiger partial charge is 0.239 e. The Morgan fingerprint density at radius 3 is 2.30 bits per heavy atom. The molecular formula is C22H39IN6O. The van der Waals surface area contributed by atoms with Gasteiger partial charge in [0.15, 0.2) is 5.96 Å². The van der Waals surface area contributed by atoms with Gasteiger partial charge in [-0.3, -0.25) is 14.7 Å². The molecule has 1 saturated heterocycles. The molecule has 0 aliphatic carbocycles. The van der Waals surface area contributed by atoms with Crippen molar-refractivity contribution in [2.45, 2.75) is 39.2 Å². The summed E-state index contributed by atoms with van der Waals surface area (Å²) < 4.78 is 0. The number of nitrogens with zero attached hydrogens (tertiary/aromatic N) is 3. The first-order valence-electron chi connectivity index (χ1n) is 10.7. The van der Waals surface area contributed by atoms with Crippen molar-refractivity contribution in [1.29, 1.82) is 0 Å². The zero-order valence-electron chi connectivity index (χ0n) is 18.9. The van der Waals surface area contributed by atoms with Gasteiger partial charge in [0.1, 0.15) is 0 Å². The standard InChI is InChI=1S/C22H38N6O.HI/c1-22(2,3)26-20(29)18-25-21(23-4)24-12-8-9-13-27-14-16-28(17-15-27)19-10-6-5-7-11-19;/h5-7,10-11H,8-9,12-18H2,1-4H3,(H,26,29)(H2,23,24,25);1H. The molecule has 0 spiro atoms. The van der Waals surface area contributed by atoms with Crippen LogP contribution in [-0.4, -0.2) is 75.2 Å². The third-order valence-corrected chi connectivity index (χ3v) is 4.84. The SMILES string of the molecule is CN=C(NCCCCN1CCN(c2ccccc2)CC1)NCC(=O)NC(C)(C)C.I. The molecule has 0 radical (unpaired) electrons. The molecule has 1 amide bonds.